The normalized spacial score (nSPS) is 11.3. The van der Waals surface area contributed by atoms with Gasteiger partial charge in [-0.3, -0.25) is 4.79 Å². The zero-order valence-electron chi connectivity index (χ0n) is 14.6. The zero-order valence-corrected chi connectivity index (χ0v) is 16.2. The summed E-state index contributed by atoms with van der Waals surface area (Å²) >= 11 is 3.24. The second-order valence-corrected chi connectivity index (χ2v) is 7.70. The third-order valence-corrected chi connectivity index (χ3v) is 3.26. The molecule has 0 saturated heterocycles. The van der Waals surface area contributed by atoms with Gasteiger partial charge in [-0.15, -0.1) is 0 Å². The number of hydrogen-bond acceptors (Lipinski definition) is 4. The van der Waals surface area contributed by atoms with Crippen molar-refractivity contribution in [2.24, 2.45) is 0 Å². The van der Waals surface area contributed by atoms with Crippen molar-refractivity contribution < 1.29 is 18.7 Å². The number of alkyl carbamates (subject to hydrolysis) is 1. The molecule has 0 aliphatic heterocycles. The first kappa shape index (κ1) is 20.4. The average molecular weight is 403 g/mol. The Bertz CT molecular complexity index is 613. The second-order valence-electron chi connectivity index (χ2n) is 6.78. The van der Waals surface area contributed by atoms with Crippen LogP contribution in [-0.4, -0.2) is 30.1 Å². The number of hydrogen-bond donors (Lipinski definition) is 2. The molecule has 1 aromatic rings. The number of carbonyl (C=O) groups excluding carboxylic acids is 2. The van der Waals surface area contributed by atoms with Crippen LogP contribution >= 0.6 is 15.9 Å². The number of Topliss-reactive ketones (excluding diaryl/α,β-unsaturated/α-hetero) is 1. The van der Waals surface area contributed by atoms with E-state index >= 15 is 0 Å². The summed E-state index contributed by atoms with van der Waals surface area (Å²) in [5, 5.41) is 5.51. The van der Waals surface area contributed by atoms with Gasteiger partial charge in [0.1, 0.15) is 11.4 Å². The number of amides is 1. The number of halogens is 2. The van der Waals surface area contributed by atoms with Gasteiger partial charge in [0.05, 0.1) is 6.54 Å². The average Bonchev–Trinajstić information content (AvgIpc) is 2.37. The molecule has 1 rings (SSSR count). The van der Waals surface area contributed by atoms with Gasteiger partial charge in [0.2, 0.25) is 0 Å². The lowest BCUT2D eigenvalue weighted by Crippen LogP contribution is -2.36. The molecule has 0 spiro atoms. The van der Waals surface area contributed by atoms with Gasteiger partial charge in [-0.1, -0.05) is 15.9 Å². The minimum absolute atomic E-state index is 0.0902. The number of benzene rings is 1. The Morgan fingerprint density at radius 3 is 2.46 bits per heavy atom. The van der Waals surface area contributed by atoms with Crippen LogP contribution in [0.2, 0.25) is 0 Å². The number of carbonyl (C=O) groups is 2. The van der Waals surface area contributed by atoms with E-state index in [1.165, 1.54) is 6.07 Å². The molecule has 2 N–H and O–H groups in total. The lowest BCUT2D eigenvalue weighted by Gasteiger charge is -2.19. The molecule has 0 unspecified atom stereocenters. The van der Waals surface area contributed by atoms with Crippen LogP contribution in [0.1, 0.15) is 40.2 Å². The molecule has 0 aromatic heterocycles. The highest BCUT2D eigenvalue weighted by atomic mass is 79.9. The van der Waals surface area contributed by atoms with E-state index in [2.05, 4.69) is 26.6 Å². The van der Waals surface area contributed by atoms with Crippen molar-refractivity contribution in [2.75, 3.05) is 11.9 Å². The van der Waals surface area contributed by atoms with Crippen LogP contribution in [0.4, 0.5) is 14.9 Å². The Kier molecular flexibility index (Phi) is 7.20. The SMILES string of the molecule is CC(C)Nc1cc(Br)cc(F)c1CC(=O)CNC(=O)OC(C)(C)C. The zero-order chi connectivity index (χ0) is 18.5. The van der Waals surface area contributed by atoms with Crippen LogP contribution in [0.25, 0.3) is 0 Å². The highest BCUT2D eigenvalue weighted by Crippen LogP contribution is 2.26. The predicted octanol–water partition coefficient (Wildman–Crippen LogP) is 4.04. The molecule has 1 amide bonds. The molecule has 0 aliphatic rings. The fourth-order valence-electron chi connectivity index (χ4n) is 1.97. The Hall–Kier alpha value is -1.63. The smallest absolute Gasteiger partial charge is 0.408 e. The van der Waals surface area contributed by atoms with E-state index in [1.807, 2.05) is 13.8 Å². The monoisotopic (exact) mass is 402 g/mol. The Morgan fingerprint density at radius 1 is 1.29 bits per heavy atom. The second kappa shape index (κ2) is 8.46. The van der Waals surface area contributed by atoms with Crippen molar-refractivity contribution >= 4 is 33.5 Å². The number of anilines is 1. The molecule has 7 heteroatoms. The number of ketones is 1. The Balaban J connectivity index is 2.75. The van der Waals surface area contributed by atoms with Gasteiger partial charge in [0.25, 0.3) is 0 Å². The van der Waals surface area contributed by atoms with Crippen LogP contribution < -0.4 is 10.6 Å². The first-order valence-corrected chi connectivity index (χ1v) is 8.50. The predicted molar refractivity (Wildman–Crippen MR) is 95.8 cm³/mol. The van der Waals surface area contributed by atoms with Gasteiger partial charge in [0.15, 0.2) is 5.78 Å². The summed E-state index contributed by atoms with van der Waals surface area (Å²) in [6.07, 6.45) is -0.795. The van der Waals surface area contributed by atoms with Gasteiger partial charge in [0, 0.05) is 28.2 Å². The summed E-state index contributed by atoms with van der Waals surface area (Å²) in [5.41, 5.74) is 0.199. The van der Waals surface area contributed by atoms with Gasteiger partial charge in [-0.05, 0) is 46.8 Å². The van der Waals surface area contributed by atoms with E-state index in [1.54, 1.807) is 26.8 Å². The first-order chi connectivity index (χ1) is 11.0. The number of nitrogens with one attached hydrogen (secondary N) is 2. The van der Waals surface area contributed by atoms with Gasteiger partial charge in [-0.25, -0.2) is 9.18 Å². The lowest BCUT2D eigenvalue weighted by molar-refractivity contribution is -0.117. The molecule has 24 heavy (non-hydrogen) atoms. The van der Waals surface area contributed by atoms with Gasteiger partial charge in [-0.2, -0.15) is 0 Å². The van der Waals surface area contributed by atoms with Crippen molar-refractivity contribution in [1.82, 2.24) is 5.32 Å². The lowest BCUT2D eigenvalue weighted by atomic mass is 10.1. The van der Waals surface area contributed by atoms with Crippen LogP contribution in [0.15, 0.2) is 16.6 Å². The van der Waals surface area contributed by atoms with Crippen LogP contribution in [0.5, 0.6) is 0 Å². The highest BCUT2D eigenvalue weighted by molar-refractivity contribution is 9.10. The molecule has 0 bridgehead atoms. The van der Waals surface area contributed by atoms with E-state index in [0.717, 1.165) is 0 Å². The maximum atomic E-state index is 14.2. The maximum absolute atomic E-state index is 14.2. The standard InChI is InChI=1S/C17H24BrFN2O3/c1-10(2)21-15-7-11(18)6-14(19)13(15)8-12(22)9-20-16(23)24-17(3,4)5/h6-7,10,21H,8-9H2,1-5H3,(H,20,23). The van der Waals surface area contributed by atoms with Crippen LogP contribution in [0, 0.1) is 5.82 Å². The van der Waals surface area contributed by atoms with E-state index < -0.39 is 17.5 Å². The minimum Gasteiger partial charge on any atom is -0.444 e. The molecule has 1 aromatic carbocycles. The Morgan fingerprint density at radius 2 is 1.92 bits per heavy atom. The highest BCUT2D eigenvalue weighted by Gasteiger charge is 2.18. The molecule has 0 aliphatic carbocycles. The third kappa shape index (κ3) is 7.29. The topological polar surface area (TPSA) is 67.4 Å². The van der Waals surface area contributed by atoms with E-state index in [-0.39, 0.29) is 30.4 Å². The molecule has 0 fully saturated rings. The molecular formula is C17H24BrFN2O3. The summed E-state index contributed by atoms with van der Waals surface area (Å²) in [6, 6.07) is 3.13. The number of ether oxygens (including phenoxy) is 1. The third-order valence-electron chi connectivity index (χ3n) is 2.81. The molecule has 134 valence electrons. The maximum Gasteiger partial charge on any atom is 0.408 e. The molecule has 5 nitrogen and oxygen atoms in total. The molecule has 0 heterocycles. The fourth-order valence-corrected chi connectivity index (χ4v) is 2.40. The molecule has 0 atom stereocenters. The fraction of sp³-hybridized carbons (Fsp3) is 0.529. The molecular weight excluding hydrogens is 379 g/mol. The van der Waals surface area contributed by atoms with Crippen molar-refractivity contribution in [3.05, 3.63) is 28.0 Å². The quantitative estimate of drug-likeness (QED) is 0.752. The van der Waals surface area contributed by atoms with Crippen LogP contribution in [-0.2, 0) is 16.0 Å². The van der Waals surface area contributed by atoms with E-state index in [9.17, 15) is 14.0 Å². The first-order valence-electron chi connectivity index (χ1n) is 7.71. The van der Waals surface area contributed by atoms with Crippen molar-refractivity contribution in [3.8, 4) is 0 Å². The molecule has 0 radical (unpaired) electrons. The summed E-state index contributed by atoms with van der Waals surface area (Å²) in [6.45, 7) is 8.83. The summed E-state index contributed by atoms with van der Waals surface area (Å²) in [5.74, 6) is -0.785. The molecule has 0 saturated carbocycles. The van der Waals surface area contributed by atoms with Crippen molar-refractivity contribution in [2.45, 2.75) is 52.7 Å². The largest absolute Gasteiger partial charge is 0.444 e. The Labute approximate surface area is 150 Å². The van der Waals surface area contributed by atoms with E-state index in [0.29, 0.717) is 10.2 Å². The minimum atomic E-state index is -0.673. The van der Waals surface area contributed by atoms with Gasteiger partial charge >= 0.3 is 6.09 Å². The summed E-state index contributed by atoms with van der Waals surface area (Å²) < 4.78 is 19.9. The van der Waals surface area contributed by atoms with Crippen molar-refractivity contribution in [3.63, 3.8) is 0 Å². The summed E-state index contributed by atoms with van der Waals surface area (Å²) in [4.78, 5) is 23.6. The van der Waals surface area contributed by atoms with Crippen molar-refractivity contribution in [1.29, 1.82) is 0 Å². The van der Waals surface area contributed by atoms with Crippen LogP contribution in [0.3, 0.4) is 0 Å². The summed E-state index contributed by atoms with van der Waals surface area (Å²) in [7, 11) is 0. The van der Waals surface area contributed by atoms with Gasteiger partial charge < -0.3 is 15.4 Å². The number of rotatable bonds is 6. The van der Waals surface area contributed by atoms with E-state index in [4.69, 9.17) is 4.74 Å².